The molecule has 3 rings (SSSR count). The molecule has 1 aromatic carbocycles. The quantitative estimate of drug-likeness (QED) is 0.567. The van der Waals surface area contributed by atoms with Crippen LogP contribution in [0, 0.1) is 6.92 Å². The Bertz CT molecular complexity index is 1190. The molecule has 7 nitrogen and oxygen atoms in total. The summed E-state index contributed by atoms with van der Waals surface area (Å²) in [5.74, 6) is 0. The maximum absolute atomic E-state index is 13.6. The van der Waals surface area contributed by atoms with E-state index < -0.39 is 44.0 Å². The Hall–Kier alpha value is -2.15. The average molecular weight is 475 g/mol. The number of alkyl halides is 3. The SMILES string of the molecule is Cc1ccc(S(=O)(=O)n2ccc3nc(C(N[S@@+]([O-])C(C)(C)C)C(F)(F)F)cnc32)cc1. The van der Waals surface area contributed by atoms with Crippen molar-refractivity contribution in [3.8, 4) is 0 Å². The number of aromatic nitrogens is 3. The molecule has 0 aliphatic rings. The molecule has 0 saturated carbocycles. The maximum atomic E-state index is 13.6. The summed E-state index contributed by atoms with van der Waals surface area (Å²) >= 11 is -2.02. The summed E-state index contributed by atoms with van der Waals surface area (Å²) in [5.41, 5.74) is 0.218. The van der Waals surface area contributed by atoms with Gasteiger partial charge in [-0.2, -0.15) is 13.2 Å². The number of aryl methyl sites for hydroxylation is 1. The van der Waals surface area contributed by atoms with E-state index in [1.54, 1.807) is 12.1 Å². The molecule has 0 bridgehead atoms. The molecule has 1 N–H and O–H groups in total. The minimum atomic E-state index is -4.79. The Morgan fingerprint density at radius 3 is 2.29 bits per heavy atom. The maximum Gasteiger partial charge on any atom is 0.413 e. The van der Waals surface area contributed by atoms with Gasteiger partial charge in [-0.25, -0.2) is 22.4 Å². The van der Waals surface area contributed by atoms with E-state index in [2.05, 4.69) is 14.7 Å². The van der Waals surface area contributed by atoms with Crippen LogP contribution in [-0.2, 0) is 21.4 Å². The van der Waals surface area contributed by atoms with Gasteiger partial charge in [0.25, 0.3) is 10.0 Å². The second kappa shape index (κ2) is 8.08. The number of fused-ring (bicyclic) bond motifs is 1. The Labute approximate surface area is 181 Å². The number of hydrogen-bond acceptors (Lipinski definition) is 6. The Morgan fingerprint density at radius 2 is 1.74 bits per heavy atom. The van der Waals surface area contributed by atoms with Crippen LogP contribution in [0.2, 0.25) is 0 Å². The molecule has 2 aromatic heterocycles. The third kappa shape index (κ3) is 4.86. The van der Waals surface area contributed by atoms with Crippen LogP contribution >= 0.6 is 0 Å². The first kappa shape index (κ1) is 23.5. The van der Waals surface area contributed by atoms with E-state index in [0.29, 0.717) is 0 Å². The van der Waals surface area contributed by atoms with E-state index in [-0.39, 0.29) is 16.1 Å². The van der Waals surface area contributed by atoms with Crippen LogP contribution in [0.15, 0.2) is 47.6 Å². The van der Waals surface area contributed by atoms with Crippen LogP contribution in [0.1, 0.15) is 38.1 Å². The normalized spacial score (nSPS) is 15.2. The van der Waals surface area contributed by atoms with Crippen LogP contribution < -0.4 is 4.72 Å². The van der Waals surface area contributed by atoms with Crippen molar-refractivity contribution in [2.45, 2.75) is 49.6 Å². The fraction of sp³-hybridized carbons (Fsp3) is 0.368. The van der Waals surface area contributed by atoms with E-state index in [1.165, 1.54) is 45.2 Å². The van der Waals surface area contributed by atoms with Gasteiger partial charge in [-0.1, -0.05) is 17.7 Å². The fourth-order valence-corrected chi connectivity index (χ4v) is 4.76. The monoisotopic (exact) mass is 474 g/mol. The molecule has 0 spiro atoms. The van der Waals surface area contributed by atoms with E-state index in [4.69, 9.17) is 0 Å². The Kier molecular flexibility index (Phi) is 6.13. The molecule has 3 aromatic rings. The van der Waals surface area contributed by atoms with Gasteiger partial charge in [-0.3, -0.25) is 0 Å². The second-order valence-corrected chi connectivity index (χ2v) is 11.7. The van der Waals surface area contributed by atoms with Gasteiger partial charge in [0.1, 0.15) is 10.3 Å². The summed E-state index contributed by atoms with van der Waals surface area (Å²) in [7, 11) is -4.01. The van der Waals surface area contributed by atoms with Gasteiger partial charge in [-0.15, -0.1) is 4.72 Å². The van der Waals surface area contributed by atoms with Gasteiger partial charge in [0, 0.05) is 17.6 Å². The molecule has 0 aliphatic heterocycles. The zero-order valence-electron chi connectivity index (χ0n) is 17.1. The van der Waals surface area contributed by atoms with Crippen molar-refractivity contribution in [1.82, 2.24) is 18.7 Å². The highest BCUT2D eigenvalue weighted by molar-refractivity contribution is 7.90. The predicted molar refractivity (Wildman–Crippen MR) is 111 cm³/mol. The molecule has 0 saturated heterocycles. The lowest BCUT2D eigenvalue weighted by Gasteiger charge is -2.28. The number of benzene rings is 1. The van der Waals surface area contributed by atoms with Crippen LogP contribution in [0.3, 0.4) is 0 Å². The summed E-state index contributed by atoms with van der Waals surface area (Å²) in [4.78, 5) is 7.90. The first-order valence-electron chi connectivity index (χ1n) is 9.12. The largest absolute Gasteiger partial charge is 0.598 e. The van der Waals surface area contributed by atoms with Gasteiger partial charge in [0.05, 0.1) is 16.8 Å². The van der Waals surface area contributed by atoms with Crippen molar-refractivity contribution in [3.63, 3.8) is 0 Å². The predicted octanol–water partition coefficient (Wildman–Crippen LogP) is 3.63. The van der Waals surface area contributed by atoms with Crippen LogP contribution in [0.4, 0.5) is 13.2 Å². The zero-order chi connectivity index (χ0) is 23.2. The number of hydrogen-bond donors (Lipinski definition) is 1. The summed E-state index contributed by atoms with van der Waals surface area (Å²) < 4.78 is 81.0. The van der Waals surface area contributed by atoms with E-state index in [0.717, 1.165) is 15.7 Å². The highest BCUT2D eigenvalue weighted by Crippen LogP contribution is 2.34. The minimum absolute atomic E-state index is 0.0110. The van der Waals surface area contributed by atoms with Crippen molar-refractivity contribution in [2.75, 3.05) is 0 Å². The standard InChI is InChI=1S/C19H21F3N4O3S2/c1-12-5-7-13(8-6-12)31(28,29)26-10-9-14-17(26)23-11-15(24-14)16(19(20,21)22)25-30(27)18(2,3)4/h5-11,16,25H,1-4H3/t16?,30-/m0/s1. The molecule has 2 atom stereocenters. The molecule has 12 heteroatoms. The second-order valence-electron chi connectivity index (χ2n) is 7.91. The van der Waals surface area contributed by atoms with Gasteiger partial charge in [-0.05, 0) is 45.9 Å². The zero-order valence-corrected chi connectivity index (χ0v) is 18.8. The summed E-state index contributed by atoms with van der Waals surface area (Å²) in [6, 6.07) is 5.08. The lowest BCUT2D eigenvalue weighted by atomic mass is 10.2. The molecule has 0 fully saturated rings. The summed E-state index contributed by atoms with van der Waals surface area (Å²) in [6.07, 6.45) is -2.76. The molecule has 2 heterocycles. The summed E-state index contributed by atoms with van der Waals surface area (Å²) in [5, 5.41) is 0. The first-order chi connectivity index (χ1) is 14.2. The molecule has 0 radical (unpaired) electrons. The number of nitrogens with one attached hydrogen (secondary N) is 1. The van der Waals surface area contributed by atoms with Gasteiger partial charge in [0.15, 0.2) is 11.7 Å². The summed E-state index contributed by atoms with van der Waals surface area (Å²) in [6.45, 7) is 6.42. The van der Waals surface area contributed by atoms with E-state index in [9.17, 15) is 26.1 Å². The molecule has 31 heavy (non-hydrogen) atoms. The topological polar surface area (TPSA) is 99.9 Å². The number of rotatable bonds is 5. The lowest BCUT2D eigenvalue weighted by Crippen LogP contribution is -2.46. The average Bonchev–Trinajstić information content (AvgIpc) is 3.08. The third-order valence-corrected chi connectivity index (χ3v) is 7.60. The molecular weight excluding hydrogens is 453 g/mol. The van der Waals surface area contributed by atoms with Gasteiger partial charge < -0.3 is 4.55 Å². The van der Waals surface area contributed by atoms with Gasteiger partial charge >= 0.3 is 6.18 Å². The lowest BCUT2D eigenvalue weighted by molar-refractivity contribution is -0.153. The van der Waals surface area contributed by atoms with E-state index >= 15 is 0 Å². The Morgan fingerprint density at radius 1 is 1.13 bits per heavy atom. The van der Waals surface area contributed by atoms with Crippen molar-refractivity contribution < 1.29 is 26.1 Å². The fourth-order valence-electron chi connectivity index (χ4n) is 2.64. The smallest absolute Gasteiger partial charge is 0.413 e. The van der Waals surface area contributed by atoms with E-state index in [1.807, 2.05) is 6.92 Å². The van der Waals surface area contributed by atoms with Gasteiger partial charge in [0.2, 0.25) is 0 Å². The molecule has 0 aliphatic carbocycles. The number of nitrogens with zero attached hydrogens (tertiary/aromatic N) is 3. The molecule has 0 amide bonds. The molecular formula is C19H21F3N4O3S2. The highest BCUT2D eigenvalue weighted by atomic mass is 32.2. The van der Waals surface area contributed by atoms with Crippen molar-refractivity contribution >= 4 is 32.5 Å². The van der Waals surface area contributed by atoms with Crippen LogP contribution in [0.5, 0.6) is 0 Å². The van der Waals surface area contributed by atoms with Crippen LogP contribution in [-0.4, -0.2) is 37.8 Å². The van der Waals surface area contributed by atoms with Crippen molar-refractivity contribution in [1.29, 1.82) is 0 Å². The van der Waals surface area contributed by atoms with Crippen molar-refractivity contribution in [2.24, 2.45) is 0 Å². The molecule has 1 unspecified atom stereocenters. The first-order valence-corrected chi connectivity index (χ1v) is 11.7. The highest BCUT2D eigenvalue weighted by Gasteiger charge is 2.47. The van der Waals surface area contributed by atoms with Crippen LogP contribution in [0.25, 0.3) is 11.2 Å². The third-order valence-electron chi connectivity index (χ3n) is 4.36. The Balaban J connectivity index is 2.03. The van der Waals surface area contributed by atoms with Crippen molar-refractivity contribution in [3.05, 3.63) is 54.0 Å². The molecule has 168 valence electrons. The number of halogens is 3. The minimum Gasteiger partial charge on any atom is -0.598 e.